The summed E-state index contributed by atoms with van der Waals surface area (Å²) in [6, 6.07) is 78.0. The number of hydrogen-bond acceptors (Lipinski definition) is 1. The molecule has 14 aromatic rings. The maximum absolute atomic E-state index is 6.90. The number of hydrogen-bond donors (Lipinski definition) is 0. The number of rotatable bonds is 3. The normalized spacial score (nSPS) is 12.2. The summed E-state index contributed by atoms with van der Waals surface area (Å²) in [6.45, 7) is 0. The molecule has 0 amide bonds. The van der Waals surface area contributed by atoms with Gasteiger partial charge in [-0.15, -0.1) is 0 Å². The van der Waals surface area contributed by atoms with E-state index in [1.807, 2.05) is 0 Å². The van der Waals surface area contributed by atoms with E-state index in [0.29, 0.717) is 0 Å². The van der Waals surface area contributed by atoms with Crippen molar-refractivity contribution in [3.05, 3.63) is 212 Å². The lowest BCUT2D eigenvalue weighted by Gasteiger charge is -2.18. The Labute approximate surface area is 356 Å². The van der Waals surface area contributed by atoms with Crippen LogP contribution in [-0.2, 0) is 0 Å². The third-order valence-corrected chi connectivity index (χ3v) is 13.5. The molecule has 0 radical (unpaired) electrons. The molecule has 14 rings (SSSR count). The summed E-state index contributed by atoms with van der Waals surface area (Å²) in [5, 5.41) is 19.7. The average Bonchev–Trinajstić information content (AvgIpc) is 3.87. The lowest BCUT2D eigenvalue weighted by molar-refractivity contribution is 0.669. The van der Waals surface area contributed by atoms with E-state index in [2.05, 4.69) is 217 Å². The molecule has 0 saturated heterocycles. The number of fused-ring (bicyclic) bond motifs is 16. The van der Waals surface area contributed by atoms with Crippen LogP contribution in [-0.4, -0.2) is 4.57 Å². The molecule has 0 spiro atoms. The first-order valence-corrected chi connectivity index (χ1v) is 21.4. The summed E-state index contributed by atoms with van der Waals surface area (Å²) in [6.07, 6.45) is 0. The molecule has 0 aliphatic heterocycles. The number of furan rings is 1. The molecular formula is C60H35NO. The van der Waals surface area contributed by atoms with Crippen molar-refractivity contribution in [3.8, 4) is 27.9 Å². The van der Waals surface area contributed by atoms with Gasteiger partial charge in [0.25, 0.3) is 0 Å². The van der Waals surface area contributed by atoms with Crippen LogP contribution < -0.4 is 0 Å². The minimum atomic E-state index is 0.892. The van der Waals surface area contributed by atoms with Gasteiger partial charge in [-0.2, -0.15) is 0 Å². The van der Waals surface area contributed by atoms with Crippen LogP contribution in [0.25, 0.3) is 136 Å². The topological polar surface area (TPSA) is 18.1 Å². The molecule has 0 aliphatic rings. The minimum absolute atomic E-state index is 0.892. The van der Waals surface area contributed by atoms with E-state index in [4.69, 9.17) is 4.42 Å². The summed E-state index contributed by atoms with van der Waals surface area (Å²) in [4.78, 5) is 0. The van der Waals surface area contributed by atoms with Gasteiger partial charge in [0, 0.05) is 27.2 Å². The zero-order valence-corrected chi connectivity index (χ0v) is 33.6. The first-order valence-electron chi connectivity index (χ1n) is 21.4. The molecule has 0 atom stereocenters. The first kappa shape index (κ1) is 33.6. The fraction of sp³-hybridized carbons (Fsp3) is 0. The van der Waals surface area contributed by atoms with Crippen LogP contribution in [0.3, 0.4) is 0 Å². The molecular weight excluding hydrogens is 751 g/mol. The standard InChI is InChI=1S/C60H35NO/c1-2-15-39(16-3-1)61-54-25-13-12-20-43(54)51-32-37(28-31-55(51)61)58-45-21-8-10-23-47(45)59(48-24-11-9-22-46(48)58)38-27-29-44-52-34-53-50(35-57(52)62-56(44)33-38)42-19-7-6-18-41(42)49-30-26-36-14-4-5-17-40(36)60(49)53/h1-35H. The lowest BCUT2D eigenvalue weighted by atomic mass is 9.85. The highest BCUT2D eigenvalue weighted by molar-refractivity contribution is 6.33. The van der Waals surface area contributed by atoms with Crippen LogP contribution >= 0.6 is 0 Å². The number of nitrogens with zero attached hydrogens (tertiary/aromatic N) is 1. The van der Waals surface area contributed by atoms with Crippen molar-refractivity contribution in [3.63, 3.8) is 0 Å². The number of aromatic nitrogens is 1. The average molecular weight is 786 g/mol. The Morgan fingerprint density at radius 3 is 1.53 bits per heavy atom. The van der Waals surface area contributed by atoms with Crippen LogP contribution in [0.1, 0.15) is 0 Å². The summed E-state index contributed by atoms with van der Waals surface area (Å²) in [7, 11) is 0. The molecule has 12 aromatic carbocycles. The first-order chi connectivity index (χ1) is 30.8. The Bertz CT molecular complexity index is 4150. The molecule has 2 heterocycles. The van der Waals surface area contributed by atoms with Crippen LogP contribution in [0.15, 0.2) is 217 Å². The molecule has 0 N–H and O–H groups in total. The van der Waals surface area contributed by atoms with Gasteiger partial charge in [-0.25, -0.2) is 0 Å². The second-order valence-corrected chi connectivity index (χ2v) is 16.7. The highest BCUT2D eigenvalue weighted by Gasteiger charge is 2.21. The molecule has 2 nitrogen and oxygen atoms in total. The van der Waals surface area contributed by atoms with Gasteiger partial charge in [0.2, 0.25) is 0 Å². The van der Waals surface area contributed by atoms with E-state index in [1.165, 1.54) is 103 Å². The smallest absolute Gasteiger partial charge is 0.136 e. The van der Waals surface area contributed by atoms with Crippen molar-refractivity contribution in [2.24, 2.45) is 0 Å². The monoisotopic (exact) mass is 785 g/mol. The summed E-state index contributed by atoms with van der Waals surface area (Å²) in [5.41, 5.74) is 10.2. The van der Waals surface area contributed by atoms with E-state index in [1.54, 1.807) is 0 Å². The van der Waals surface area contributed by atoms with Crippen molar-refractivity contribution in [2.45, 2.75) is 0 Å². The fourth-order valence-electron chi connectivity index (χ4n) is 10.9. The number of benzene rings is 12. The van der Waals surface area contributed by atoms with Gasteiger partial charge in [0.05, 0.1) is 11.0 Å². The van der Waals surface area contributed by atoms with Gasteiger partial charge in [0.15, 0.2) is 0 Å². The van der Waals surface area contributed by atoms with Crippen LogP contribution in [0, 0.1) is 0 Å². The van der Waals surface area contributed by atoms with E-state index >= 15 is 0 Å². The van der Waals surface area contributed by atoms with Crippen molar-refractivity contribution in [1.82, 2.24) is 4.57 Å². The largest absolute Gasteiger partial charge is 0.456 e. The van der Waals surface area contributed by atoms with E-state index in [0.717, 1.165) is 33.2 Å². The van der Waals surface area contributed by atoms with Crippen LogP contribution in [0.4, 0.5) is 0 Å². The van der Waals surface area contributed by atoms with Crippen LogP contribution in [0.2, 0.25) is 0 Å². The maximum Gasteiger partial charge on any atom is 0.136 e. The van der Waals surface area contributed by atoms with Crippen molar-refractivity contribution < 1.29 is 4.42 Å². The van der Waals surface area contributed by atoms with Crippen molar-refractivity contribution in [2.75, 3.05) is 0 Å². The molecule has 2 aromatic heterocycles. The summed E-state index contributed by atoms with van der Waals surface area (Å²) >= 11 is 0. The summed E-state index contributed by atoms with van der Waals surface area (Å²) < 4.78 is 9.28. The van der Waals surface area contributed by atoms with E-state index in [-0.39, 0.29) is 0 Å². The van der Waals surface area contributed by atoms with Gasteiger partial charge in [-0.1, -0.05) is 158 Å². The number of para-hydroxylation sites is 2. The Kier molecular flexibility index (Phi) is 6.86. The Morgan fingerprint density at radius 2 is 0.806 bits per heavy atom. The molecule has 0 saturated carbocycles. The quantitative estimate of drug-likeness (QED) is 0.129. The lowest BCUT2D eigenvalue weighted by Crippen LogP contribution is -1.93. The summed E-state index contributed by atoms with van der Waals surface area (Å²) in [5.74, 6) is 0. The molecule has 2 heteroatoms. The third kappa shape index (κ3) is 4.64. The van der Waals surface area contributed by atoms with E-state index in [9.17, 15) is 0 Å². The van der Waals surface area contributed by atoms with Crippen molar-refractivity contribution in [1.29, 1.82) is 0 Å². The molecule has 62 heavy (non-hydrogen) atoms. The zero-order valence-electron chi connectivity index (χ0n) is 33.6. The van der Waals surface area contributed by atoms with Gasteiger partial charge in [-0.3, -0.25) is 0 Å². The molecule has 0 aliphatic carbocycles. The second-order valence-electron chi connectivity index (χ2n) is 16.7. The molecule has 0 bridgehead atoms. The van der Waals surface area contributed by atoms with Crippen LogP contribution in [0.5, 0.6) is 0 Å². The molecule has 0 unspecified atom stereocenters. The van der Waals surface area contributed by atoms with Gasteiger partial charge >= 0.3 is 0 Å². The highest BCUT2D eigenvalue weighted by atomic mass is 16.3. The fourth-order valence-corrected chi connectivity index (χ4v) is 10.9. The third-order valence-electron chi connectivity index (χ3n) is 13.5. The highest BCUT2D eigenvalue weighted by Crippen LogP contribution is 2.47. The minimum Gasteiger partial charge on any atom is -0.456 e. The molecule has 286 valence electrons. The van der Waals surface area contributed by atoms with Gasteiger partial charge in [-0.05, 0) is 141 Å². The molecule has 0 fully saturated rings. The Balaban J connectivity index is 1.00. The predicted molar refractivity (Wildman–Crippen MR) is 264 cm³/mol. The van der Waals surface area contributed by atoms with Crippen molar-refractivity contribution >= 4 is 108 Å². The van der Waals surface area contributed by atoms with E-state index < -0.39 is 0 Å². The Hall–Kier alpha value is -8.20. The second kappa shape index (κ2) is 12.7. The Morgan fingerprint density at radius 1 is 0.274 bits per heavy atom. The maximum atomic E-state index is 6.90. The SMILES string of the molecule is c1ccc(-n2c3ccccc3c3cc(-c4c5ccccc5c(-c5ccc6c(c5)oc5cc7c8ccccc8c8ccc9ccccc9c8c7cc56)c5ccccc45)ccc32)cc1. The predicted octanol–water partition coefficient (Wildman–Crippen LogP) is 16.9. The van der Waals surface area contributed by atoms with Gasteiger partial charge in [0.1, 0.15) is 11.2 Å². The zero-order chi connectivity index (χ0) is 40.5. The van der Waals surface area contributed by atoms with Gasteiger partial charge < -0.3 is 8.98 Å².